The molecule has 162 valence electrons. The summed E-state index contributed by atoms with van der Waals surface area (Å²) in [7, 11) is 0. The number of nitrogens with zero attached hydrogens (tertiary/aromatic N) is 1. The van der Waals surface area contributed by atoms with Crippen molar-refractivity contribution in [3.63, 3.8) is 0 Å². The van der Waals surface area contributed by atoms with Gasteiger partial charge >= 0.3 is 0 Å². The Hall–Kier alpha value is -3.97. The van der Waals surface area contributed by atoms with Gasteiger partial charge < -0.3 is 4.42 Å². The molecule has 5 nitrogen and oxygen atoms in total. The van der Waals surface area contributed by atoms with Gasteiger partial charge in [0.15, 0.2) is 5.43 Å². The summed E-state index contributed by atoms with van der Waals surface area (Å²) in [5.74, 6) is -0.317. The number of thioether (sulfide) groups is 1. The lowest BCUT2D eigenvalue weighted by molar-refractivity contribution is -0.123. The normalized spacial score (nSPS) is 15.1. The molecule has 0 aliphatic carbocycles. The van der Waals surface area contributed by atoms with Gasteiger partial charge in [-0.05, 0) is 53.2 Å². The van der Waals surface area contributed by atoms with Crippen LogP contribution < -0.4 is 5.43 Å². The molecule has 1 aromatic heterocycles. The predicted octanol–water partition coefficient (Wildman–Crippen LogP) is 5.84. The third-order valence-corrected chi connectivity index (χ3v) is 6.16. The maximum absolute atomic E-state index is 13.1. The van der Waals surface area contributed by atoms with Crippen molar-refractivity contribution < 1.29 is 18.4 Å². The average Bonchev–Trinajstić information content (AvgIpc) is 3.08. The fraction of sp³-hybridized carbons (Fsp3) is 0.0385. The van der Waals surface area contributed by atoms with E-state index in [0.717, 1.165) is 27.8 Å². The summed E-state index contributed by atoms with van der Waals surface area (Å²) >= 11 is 0.868. The number of para-hydroxylation sites is 1. The van der Waals surface area contributed by atoms with E-state index in [1.165, 1.54) is 18.2 Å². The molecule has 7 heteroatoms. The molecule has 0 radical (unpaired) electrons. The number of carbonyl (C=O) groups is 2. The van der Waals surface area contributed by atoms with Crippen LogP contribution in [0.3, 0.4) is 0 Å². The smallest absolute Gasteiger partial charge is 0.293 e. The molecular weight excluding hydrogens is 441 g/mol. The molecule has 3 aromatic carbocycles. The standard InChI is InChI=1S/C26H16FNO4S/c27-19-11-7-17(8-12-19)15-28-25(30)24(33-26(28)31)13-16-5-9-18(10-6-16)23-14-21(29)20-3-1-2-4-22(20)32-23/h1-14H,15H2/b24-13-. The quantitative estimate of drug-likeness (QED) is 0.361. The van der Waals surface area contributed by atoms with Gasteiger partial charge in [-0.2, -0.15) is 0 Å². The molecule has 0 unspecified atom stereocenters. The number of carbonyl (C=O) groups excluding carboxylic acids is 2. The number of halogens is 1. The number of amides is 2. The molecule has 0 N–H and O–H groups in total. The van der Waals surface area contributed by atoms with Gasteiger partial charge in [-0.15, -0.1) is 0 Å². The van der Waals surface area contributed by atoms with Crippen LogP contribution in [-0.4, -0.2) is 16.0 Å². The lowest BCUT2D eigenvalue weighted by atomic mass is 10.1. The molecule has 0 spiro atoms. The maximum Gasteiger partial charge on any atom is 0.293 e. The lowest BCUT2D eigenvalue weighted by Crippen LogP contribution is -2.27. The Morgan fingerprint density at radius 3 is 2.39 bits per heavy atom. The molecule has 2 amide bonds. The van der Waals surface area contributed by atoms with Crippen LogP contribution in [0, 0.1) is 5.82 Å². The monoisotopic (exact) mass is 457 g/mol. The molecule has 2 heterocycles. The minimum atomic E-state index is -0.390. The molecule has 1 fully saturated rings. The number of imide groups is 1. The van der Waals surface area contributed by atoms with Crippen LogP contribution >= 0.6 is 11.8 Å². The van der Waals surface area contributed by atoms with Crippen molar-refractivity contribution in [3.8, 4) is 11.3 Å². The fourth-order valence-electron chi connectivity index (χ4n) is 3.55. The fourth-order valence-corrected chi connectivity index (χ4v) is 4.39. The Bertz CT molecular complexity index is 1470. The molecule has 1 saturated heterocycles. The van der Waals surface area contributed by atoms with E-state index in [2.05, 4.69) is 0 Å². The predicted molar refractivity (Wildman–Crippen MR) is 126 cm³/mol. The van der Waals surface area contributed by atoms with Crippen molar-refractivity contribution in [2.45, 2.75) is 6.54 Å². The third-order valence-electron chi connectivity index (χ3n) is 5.26. The highest BCUT2D eigenvalue weighted by atomic mass is 32.2. The van der Waals surface area contributed by atoms with E-state index >= 15 is 0 Å². The van der Waals surface area contributed by atoms with Gasteiger partial charge in [-0.3, -0.25) is 19.3 Å². The van der Waals surface area contributed by atoms with Gasteiger partial charge in [0.05, 0.1) is 16.8 Å². The molecule has 33 heavy (non-hydrogen) atoms. The van der Waals surface area contributed by atoms with Crippen LogP contribution in [0.4, 0.5) is 9.18 Å². The van der Waals surface area contributed by atoms with Gasteiger partial charge in [0, 0.05) is 11.6 Å². The van der Waals surface area contributed by atoms with E-state index in [1.807, 2.05) is 0 Å². The van der Waals surface area contributed by atoms with Gasteiger partial charge in [0.25, 0.3) is 11.1 Å². The zero-order valence-corrected chi connectivity index (χ0v) is 18.0. The van der Waals surface area contributed by atoms with Crippen LogP contribution in [0.1, 0.15) is 11.1 Å². The molecule has 0 bridgehead atoms. The largest absolute Gasteiger partial charge is 0.456 e. The SMILES string of the molecule is O=C1S/C(=C\c2ccc(-c3cc(=O)c4ccccc4o3)cc2)C(=O)N1Cc1ccc(F)cc1. The Labute approximate surface area is 192 Å². The zero-order valence-electron chi connectivity index (χ0n) is 17.2. The van der Waals surface area contributed by atoms with Crippen LogP contribution in [-0.2, 0) is 11.3 Å². The van der Waals surface area contributed by atoms with Crippen LogP contribution in [0.25, 0.3) is 28.4 Å². The van der Waals surface area contributed by atoms with E-state index < -0.39 is 0 Å². The van der Waals surface area contributed by atoms with Crippen LogP contribution in [0.5, 0.6) is 0 Å². The van der Waals surface area contributed by atoms with Crippen molar-refractivity contribution in [3.05, 3.63) is 111 Å². The molecule has 1 aliphatic heterocycles. The topological polar surface area (TPSA) is 67.6 Å². The Balaban J connectivity index is 1.37. The molecular formula is C26H16FNO4S. The summed E-state index contributed by atoms with van der Waals surface area (Å²) in [4.78, 5) is 38.9. The first kappa shape index (κ1) is 20.9. The lowest BCUT2D eigenvalue weighted by Gasteiger charge is -2.12. The first-order valence-electron chi connectivity index (χ1n) is 10.1. The van der Waals surface area contributed by atoms with Crippen molar-refractivity contribution >= 4 is 40.0 Å². The number of benzene rings is 3. The number of rotatable bonds is 4. The van der Waals surface area contributed by atoms with Crippen molar-refractivity contribution in [2.75, 3.05) is 0 Å². The molecule has 0 saturated carbocycles. The first-order valence-corrected chi connectivity index (χ1v) is 10.9. The van der Waals surface area contributed by atoms with Gasteiger partial charge in [-0.1, -0.05) is 48.5 Å². The van der Waals surface area contributed by atoms with Gasteiger partial charge in [0.1, 0.15) is 17.2 Å². The highest BCUT2D eigenvalue weighted by molar-refractivity contribution is 8.18. The second-order valence-corrected chi connectivity index (χ2v) is 8.48. The van der Waals surface area contributed by atoms with Crippen LogP contribution in [0.15, 0.2) is 93.0 Å². The highest BCUT2D eigenvalue weighted by Crippen LogP contribution is 2.33. The van der Waals surface area contributed by atoms with Gasteiger partial charge in [0.2, 0.25) is 0 Å². The second-order valence-electron chi connectivity index (χ2n) is 7.49. The molecule has 5 rings (SSSR count). The van der Waals surface area contributed by atoms with E-state index in [0.29, 0.717) is 27.2 Å². The van der Waals surface area contributed by atoms with Crippen molar-refractivity contribution in [2.24, 2.45) is 0 Å². The summed E-state index contributed by atoms with van der Waals surface area (Å²) in [6.45, 7) is 0.0855. The van der Waals surface area contributed by atoms with Crippen molar-refractivity contribution in [1.82, 2.24) is 4.90 Å². The number of hydrogen-bond donors (Lipinski definition) is 0. The Morgan fingerprint density at radius 2 is 1.64 bits per heavy atom. The molecule has 0 atom stereocenters. The highest BCUT2D eigenvalue weighted by Gasteiger charge is 2.34. The number of fused-ring (bicyclic) bond motifs is 1. The second kappa shape index (κ2) is 8.52. The summed E-state index contributed by atoms with van der Waals surface area (Å²) in [5, 5.41) is 0.152. The van der Waals surface area contributed by atoms with E-state index in [1.54, 1.807) is 66.7 Å². The zero-order chi connectivity index (χ0) is 22.9. The van der Waals surface area contributed by atoms with E-state index in [-0.39, 0.29) is 28.9 Å². The summed E-state index contributed by atoms with van der Waals surface area (Å²) in [5.41, 5.74) is 2.51. The number of hydrogen-bond acceptors (Lipinski definition) is 5. The van der Waals surface area contributed by atoms with E-state index in [9.17, 15) is 18.8 Å². The minimum absolute atomic E-state index is 0.0855. The Morgan fingerprint density at radius 1 is 0.909 bits per heavy atom. The first-order chi connectivity index (χ1) is 16.0. The van der Waals surface area contributed by atoms with E-state index in [4.69, 9.17) is 4.42 Å². The maximum atomic E-state index is 13.1. The summed E-state index contributed by atoms with van der Waals surface area (Å²) in [6.07, 6.45) is 1.65. The van der Waals surface area contributed by atoms with Crippen LogP contribution in [0.2, 0.25) is 0 Å². The molecule has 4 aromatic rings. The Kier molecular flexibility index (Phi) is 5.40. The van der Waals surface area contributed by atoms with Gasteiger partial charge in [-0.25, -0.2) is 4.39 Å². The summed E-state index contributed by atoms with van der Waals surface area (Å²) in [6, 6.07) is 21.4. The van der Waals surface area contributed by atoms with Crippen molar-refractivity contribution in [1.29, 1.82) is 0 Å². The summed E-state index contributed by atoms with van der Waals surface area (Å²) < 4.78 is 19.0. The minimum Gasteiger partial charge on any atom is -0.456 e. The average molecular weight is 457 g/mol. The third kappa shape index (κ3) is 4.23. The molecule has 1 aliphatic rings.